The number of urea groups is 2. The first-order valence-corrected chi connectivity index (χ1v) is 6.14. The number of carboxylic acids is 1. The Morgan fingerprint density at radius 3 is 2.21 bits per heavy atom. The lowest BCUT2D eigenvalue weighted by Crippen LogP contribution is -2.49. The molecule has 0 aromatic heterocycles. The molecule has 0 saturated carbocycles. The number of likely N-dealkylation sites (tertiary alicyclic amines) is 1. The molecule has 1 heterocycles. The Morgan fingerprint density at radius 1 is 1.21 bits per heavy atom. The van der Waals surface area contributed by atoms with Crippen molar-refractivity contribution in [1.29, 1.82) is 0 Å². The normalized spacial score (nSPS) is 17.6. The quantitative estimate of drug-likeness (QED) is 0.517. The topological polar surface area (TPSA) is 125 Å². The fraction of sp³-hybridized carbons (Fsp3) is 0.727. The van der Waals surface area contributed by atoms with Crippen LogP contribution in [-0.2, 0) is 4.79 Å². The van der Waals surface area contributed by atoms with E-state index in [-0.39, 0.29) is 19.1 Å². The van der Waals surface area contributed by atoms with Crippen molar-refractivity contribution in [1.82, 2.24) is 15.5 Å². The van der Waals surface area contributed by atoms with E-state index in [0.29, 0.717) is 25.9 Å². The third-order valence-corrected chi connectivity index (χ3v) is 3.37. The fourth-order valence-corrected chi connectivity index (χ4v) is 1.88. The molecular weight excluding hydrogens is 252 g/mol. The first-order valence-electron chi connectivity index (χ1n) is 6.14. The highest BCUT2D eigenvalue weighted by molar-refractivity contribution is 5.77. The Kier molecular flexibility index (Phi) is 4.96. The summed E-state index contributed by atoms with van der Waals surface area (Å²) in [7, 11) is 0. The van der Waals surface area contributed by atoms with Crippen LogP contribution in [0.25, 0.3) is 0 Å². The number of carbonyl (C=O) groups excluding carboxylic acids is 2. The van der Waals surface area contributed by atoms with Crippen LogP contribution in [0.15, 0.2) is 0 Å². The number of aliphatic carboxylic acids is 1. The molecule has 0 aliphatic carbocycles. The minimum Gasteiger partial charge on any atom is -0.481 e. The largest absolute Gasteiger partial charge is 0.481 e. The number of rotatable bonds is 4. The molecule has 1 aliphatic rings. The lowest BCUT2D eigenvalue weighted by molar-refractivity contribution is -0.150. The monoisotopic (exact) mass is 272 g/mol. The molecule has 1 saturated heterocycles. The van der Waals surface area contributed by atoms with Gasteiger partial charge in [0.1, 0.15) is 0 Å². The van der Waals surface area contributed by atoms with Gasteiger partial charge in [0.05, 0.1) is 5.41 Å². The number of primary amides is 1. The van der Waals surface area contributed by atoms with E-state index >= 15 is 0 Å². The van der Waals surface area contributed by atoms with Crippen LogP contribution in [0.3, 0.4) is 0 Å². The highest BCUT2D eigenvalue weighted by Gasteiger charge is 2.37. The summed E-state index contributed by atoms with van der Waals surface area (Å²) < 4.78 is 0. The average molecular weight is 272 g/mol. The third-order valence-electron chi connectivity index (χ3n) is 3.37. The van der Waals surface area contributed by atoms with Gasteiger partial charge in [-0.2, -0.15) is 0 Å². The molecular formula is C11H20N4O4. The molecule has 8 nitrogen and oxygen atoms in total. The second-order valence-corrected chi connectivity index (χ2v) is 4.88. The fourth-order valence-electron chi connectivity index (χ4n) is 1.88. The Balaban J connectivity index is 2.29. The van der Waals surface area contributed by atoms with Crippen LogP contribution in [0.4, 0.5) is 9.59 Å². The summed E-state index contributed by atoms with van der Waals surface area (Å²) in [5.74, 6) is -0.821. The van der Waals surface area contributed by atoms with Gasteiger partial charge in [-0.1, -0.05) is 0 Å². The lowest BCUT2D eigenvalue weighted by atomic mass is 9.80. The number of carbonyl (C=O) groups is 3. The molecule has 0 atom stereocenters. The molecule has 0 aromatic carbocycles. The van der Waals surface area contributed by atoms with Crippen LogP contribution >= 0.6 is 0 Å². The van der Waals surface area contributed by atoms with E-state index in [2.05, 4.69) is 10.6 Å². The molecule has 0 radical (unpaired) electrons. The van der Waals surface area contributed by atoms with E-state index in [1.165, 1.54) is 0 Å². The molecule has 1 rings (SSSR count). The van der Waals surface area contributed by atoms with E-state index in [1.54, 1.807) is 11.8 Å². The molecule has 0 unspecified atom stereocenters. The zero-order chi connectivity index (χ0) is 14.5. The second-order valence-electron chi connectivity index (χ2n) is 4.88. The zero-order valence-corrected chi connectivity index (χ0v) is 10.9. The number of piperidine rings is 1. The molecule has 1 aliphatic heterocycles. The van der Waals surface area contributed by atoms with Crippen LogP contribution < -0.4 is 16.4 Å². The van der Waals surface area contributed by atoms with Gasteiger partial charge in [-0.25, -0.2) is 9.59 Å². The summed E-state index contributed by atoms with van der Waals surface area (Å²) in [5, 5.41) is 14.1. The summed E-state index contributed by atoms with van der Waals surface area (Å²) in [6, 6.07) is -0.886. The summed E-state index contributed by atoms with van der Waals surface area (Å²) in [4.78, 5) is 34.8. The Morgan fingerprint density at radius 2 is 1.74 bits per heavy atom. The zero-order valence-electron chi connectivity index (χ0n) is 10.9. The lowest BCUT2D eigenvalue weighted by Gasteiger charge is -2.36. The highest BCUT2D eigenvalue weighted by atomic mass is 16.4. The smallest absolute Gasteiger partial charge is 0.317 e. The molecule has 4 amide bonds. The van der Waals surface area contributed by atoms with E-state index < -0.39 is 17.4 Å². The number of carboxylic acid groups (broad SMARTS) is 1. The van der Waals surface area contributed by atoms with E-state index in [1.807, 2.05) is 0 Å². The molecule has 8 heteroatoms. The van der Waals surface area contributed by atoms with Crippen LogP contribution in [0.1, 0.15) is 19.8 Å². The van der Waals surface area contributed by atoms with Gasteiger partial charge in [-0.3, -0.25) is 4.79 Å². The molecule has 0 aromatic rings. The standard InChI is InChI=1S/C11H20N4O4/c1-11(8(16)17)2-6-15(7-3-11)10(19)14-5-4-13-9(12)18/h2-7H2,1H3,(H,14,19)(H,16,17)(H3,12,13,18). The molecule has 108 valence electrons. The number of amides is 4. The minimum absolute atomic E-state index is 0.251. The summed E-state index contributed by atoms with van der Waals surface area (Å²) in [6.45, 7) is 3.08. The molecule has 19 heavy (non-hydrogen) atoms. The van der Waals surface area contributed by atoms with Crippen LogP contribution in [0.5, 0.6) is 0 Å². The summed E-state index contributed by atoms with van der Waals surface area (Å²) >= 11 is 0. The van der Waals surface area contributed by atoms with Crippen LogP contribution in [-0.4, -0.2) is 54.2 Å². The molecule has 0 spiro atoms. The van der Waals surface area contributed by atoms with E-state index in [0.717, 1.165) is 0 Å². The van der Waals surface area contributed by atoms with Crippen LogP contribution in [0.2, 0.25) is 0 Å². The van der Waals surface area contributed by atoms with Gasteiger partial charge in [-0.15, -0.1) is 0 Å². The minimum atomic E-state index is -0.821. The predicted molar refractivity (Wildman–Crippen MR) is 67.5 cm³/mol. The van der Waals surface area contributed by atoms with Gasteiger partial charge >= 0.3 is 18.0 Å². The van der Waals surface area contributed by atoms with Gasteiger partial charge in [0.2, 0.25) is 0 Å². The van der Waals surface area contributed by atoms with Gasteiger partial charge < -0.3 is 26.4 Å². The third kappa shape index (κ3) is 4.31. The van der Waals surface area contributed by atoms with E-state index in [4.69, 9.17) is 10.8 Å². The maximum absolute atomic E-state index is 11.7. The van der Waals surface area contributed by atoms with Gasteiger partial charge in [0, 0.05) is 26.2 Å². The molecule has 0 bridgehead atoms. The van der Waals surface area contributed by atoms with Crippen molar-refractivity contribution in [3.63, 3.8) is 0 Å². The Labute approximate surface area is 111 Å². The number of nitrogens with zero attached hydrogens (tertiary/aromatic N) is 1. The maximum Gasteiger partial charge on any atom is 0.317 e. The number of hydrogen-bond acceptors (Lipinski definition) is 3. The highest BCUT2D eigenvalue weighted by Crippen LogP contribution is 2.30. The van der Waals surface area contributed by atoms with Crippen molar-refractivity contribution < 1.29 is 19.5 Å². The number of nitrogens with two attached hydrogens (primary N) is 1. The van der Waals surface area contributed by atoms with Gasteiger partial charge in [0.15, 0.2) is 0 Å². The SMILES string of the molecule is CC1(C(=O)O)CCN(C(=O)NCCNC(N)=O)CC1. The van der Waals surface area contributed by atoms with Gasteiger partial charge in [0.25, 0.3) is 0 Å². The van der Waals surface area contributed by atoms with Crippen molar-refractivity contribution in [2.45, 2.75) is 19.8 Å². The predicted octanol–water partition coefficient (Wildman–Crippen LogP) is -0.449. The number of hydrogen-bond donors (Lipinski definition) is 4. The van der Waals surface area contributed by atoms with Crippen molar-refractivity contribution in [2.75, 3.05) is 26.2 Å². The van der Waals surface area contributed by atoms with Gasteiger partial charge in [-0.05, 0) is 19.8 Å². The number of nitrogens with one attached hydrogen (secondary N) is 2. The molecule has 5 N–H and O–H groups in total. The second kappa shape index (κ2) is 6.26. The Hall–Kier alpha value is -1.99. The summed E-state index contributed by atoms with van der Waals surface area (Å²) in [6.07, 6.45) is 0.880. The van der Waals surface area contributed by atoms with Crippen LogP contribution in [0, 0.1) is 5.41 Å². The maximum atomic E-state index is 11.7. The Bertz CT molecular complexity index is 364. The summed E-state index contributed by atoms with van der Waals surface area (Å²) in [5.41, 5.74) is 4.14. The molecule has 1 fully saturated rings. The van der Waals surface area contributed by atoms with Crippen molar-refractivity contribution in [3.8, 4) is 0 Å². The first-order chi connectivity index (χ1) is 8.85. The van der Waals surface area contributed by atoms with E-state index in [9.17, 15) is 14.4 Å². The van der Waals surface area contributed by atoms with Crippen molar-refractivity contribution in [3.05, 3.63) is 0 Å². The average Bonchev–Trinajstić information content (AvgIpc) is 2.35. The van der Waals surface area contributed by atoms with Crippen molar-refractivity contribution >= 4 is 18.0 Å². The first kappa shape index (κ1) is 15.1. The van der Waals surface area contributed by atoms with Crippen molar-refractivity contribution in [2.24, 2.45) is 11.1 Å².